The van der Waals surface area contributed by atoms with Crippen LogP contribution in [0.25, 0.3) is 0 Å². The number of rotatable bonds is 3. The van der Waals surface area contributed by atoms with Crippen LogP contribution in [0.4, 0.5) is 39.5 Å². The Morgan fingerprint density at radius 1 is 0.850 bits per heavy atom. The summed E-state index contributed by atoms with van der Waals surface area (Å²) in [6, 6.07) is 5.09. The van der Waals surface area contributed by atoms with Gasteiger partial charge in [-0.05, 0) is 18.2 Å². The summed E-state index contributed by atoms with van der Waals surface area (Å²) in [5.74, 6) is -14.2. The molecule has 0 aliphatic carbocycles. The summed E-state index contributed by atoms with van der Waals surface area (Å²) < 4.78 is 115. The van der Waals surface area contributed by atoms with E-state index in [1.165, 1.54) is 0 Å². The topological polar surface area (TPSA) is 9.23 Å². The Morgan fingerprint density at radius 2 is 1.40 bits per heavy atom. The third-order valence-corrected chi connectivity index (χ3v) is 2.06. The molecule has 1 rings (SSSR count). The lowest BCUT2D eigenvalue weighted by atomic mass is 10.1. The van der Waals surface area contributed by atoms with Crippen molar-refractivity contribution < 1.29 is 44.3 Å². The maximum atomic E-state index is 13.4. The first-order valence-corrected chi connectivity index (χ1v) is 4.68. The van der Waals surface area contributed by atoms with Gasteiger partial charge in [-0.25, -0.2) is 0 Å². The zero-order valence-electron chi connectivity index (χ0n) is 9.12. The summed E-state index contributed by atoms with van der Waals surface area (Å²) in [6.45, 7) is 0. The van der Waals surface area contributed by atoms with E-state index >= 15 is 0 Å². The maximum Gasteiger partial charge on any atom is 0.467 e. The van der Waals surface area contributed by atoms with Crippen molar-refractivity contribution in [1.29, 1.82) is 0 Å². The zero-order valence-corrected chi connectivity index (χ0v) is 9.12. The Balaban J connectivity index is 3.32. The second-order valence-corrected chi connectivity index (χ2v) is 3.51. The minimum absolute atomic E-state index is 0.479. The fourth-order valence-electron chi connectivity index (χ4n) is 1.09. The van der Waals surface area contributed by atoms with E-state index in [4.69, 9.17) is 0 Å². The summed E-state index contributed by atoms with van der Waals surface area (Å²) in [5.41, 5.74) is 0. The molecular weight excluding hydrogens is 307 g/mol. The van der Waals surface area contributed by atoms with Gasteiger partial charge in [0.05, 0.1) is 0 Å². The second-order valence-electron chi connectivity index (χ2n) is 3.51. The van der Waals surface area contributed by atoms with Crippen molar-refractivity contribution in [2.24, 2.45) is 0 Å². The van der Waals surface area contributed by atoms with Crippen LogP contribution in [0.5, 0.6) is 5.75 Å². The molecule has 0 spiro atoms. The molecule has 0 N–H and O–H groups in total. The summed E-state index contributed by atoms with van der Waals surface area (Å²) >= 11 is 0. The van der Waals surface area contributed by atoms with Crippen LogP contribution in [0.1, 0.15) is 0 Å². The lowest BCUT2D eigenvalue weighted by Gasteiger charge is -2.35. The van der Waals surface area contributed by atoms with Crippen LogP contribution in [0, 0.1) is 6.07 Å². The minimum Gasteiger partial charge on any atom is -0.445 e. The van der Waals surface area contributed by atoms with E-state index in [9.17, 15) is 39.5 Å². The van der Waals surface area contributed by atoms with Crippen molar-refractivity contribution in [2.45, 2.75) is 24.1 Å². The molecule has 0 heterocycles. The fourth-order valence-corrected chi connectivity index (χ4v) is 1.09. The average Bonchev–Trinajstić information content (AvgIpc) is 2.27. The standard InChI is InChI=1S/C10H4F9O/c11-7(12,9(14,15)16)8(13,10(17,18)19)20-6-4-2-1-3-5-6/h1-2,4-5H. The molecule has 1 aromatic carbocycles. The van der Waals surface area contributed by atoms with Gasteiger partial charge in [-0.3, -0.25) is 0 Å². The highest BCUT2D eigenvalue weighted by Gasteiger charge is 2.84. The van der Waals surface area contributed by atoms with Gasteiger partial charge in [0.25, 0.3) is 0 Å². The molecule has 1 nitrogen and oxygen atoms in total. The predicted octanol–water partition coefficient (Wildman–Crippen LogP) is 4.29. The lowest BCUT2D eigenvalue weighted by molar-refractivity contribution is -0.432. The van der Waals surface area contributed by atoms with Crippen molar-refractivity contribution in [2.75, 3.05) is 0 Å². The molecule has 0 aliphatic heterocycles. The van der Waals surface area contributed by atoms with Gasteiger partial charge in [-0.1, -0.05) is 12.1 Å². The third-order valence-electron chi connectivity index (χ3n) is 2.06. The highest BCUT2D eigenvalue weighted by Crippen LogP contribution is 2.53. The Labute approximate surface area is 105 Å². The van der Waals surface area contributed by atoms with E-state index in [-0.39, 0.29) is 0 Å². The number of hydrogen-bond acceptors (Lipinski definition) is 1. The van der Waals surface area contributed by atoms with E-state index in [0.717, 1.165) is 12.1 Å². The average molecular weight is 311 g/mol. The highest BCUT2D eigenvalue weighted by molar-refractivity contribution is 5.22. The van der Waals surface area contributed by atoms with E-state index < -0.39 is 29.9 Å². The van der Waals surface area contributed by atoms with Gasteiger partial charge in [-0.2, -0.15) is 39.5 Å². The van der Waals surface area contributed by atoms with Crippen LogP contribution in [0.15, 0.2) is 24.3 Å². The molecule has 10 heteroatoms. The Bertz CT molecular complexity index is 450. The Kier molecular flexibility index (Phi) is 3.90. The highest BCUT2D eigenvalue weighted by atomic mass is 19.4. The van der Waals surface area contributed by atoms with Crippen LogP contribution in [0.2, 0.25) is 0 Å². The summed E-state index contributed by atoms with van der Waals surface area (Å²) in [6.07, 6.45) is -13.4. The summed E-state index contributed by atoms with van der Waals surface area (Å²) in [7, 11) is 0. The molecule has 20 heavy (non-hydrogen) atoms. The molecule has 0 fully saturated rings. The van der Waals surface area contributed by atoms with Crippen LogP contribution in [-0.4, -0.2) is 24.1 Å². The van der Waals surface area contributed by atoms with Crippen molar-refractivity contribution in [3.05, 3.63) is 30.3 Å². The van der Waals surface area contributed by atoms with E-state index in [2.05, 4.69) is 4.74 Å². The van der Waals surface area contributed by atoms with Crippen LogP contribution in [-0.2, 0) is 0 Å². The first-order valence-electron chi connectivity index (χ1n) is 4.68. The molecule has 1 radical (unpaired) electrons. The third kappa shape index (κ3) is 2.63. The summed E-state index contributed by atoms with van der Waals surface area (Å²) in [5, 5.41) is 0. The van der Waals surface area contributed by atoms with Gasteiger partial charge in [0, 0.05) is 0 Å². The molecule has 0 saturated heterocycles. The molecule has 1 atom stereocenters. The zero-order chi connectivity index (χ0) is 15.8. The van der Waals surface area contributed by atoms with Crippen molar-refractivity contribution >= 4 is 0 Å². The van der Waals surface area contributed by atoms with Crippen LogP contribution >= 0.6 is 0 Å². The smallest absolute Gasteiger partial charge is 0.445 e. The van der Waals surface area contributed by atoms with Crippen LogP contribution in [0.3, 0.4) is 0 Å². The van der Waals surface area contributed by atoms with E-state index in [1.54, 1.807) is 0 Å². The molecule has 0 bridgehead atoms. The van der Waals surface area contributed by atoms with E-state index in [0.29, 0.717) is 12.1 Å². The molecule has 0 amide bonds. The molecule has 0 aromatic heterocycles. The number of benzene rings is 1. The minimum atomic E-state index is -6.80. The second kappa shape index (κ2) is 4.74. The molecule has 1 aromatic rings. The number of alkyl halides is 9. The first-order chi connectivity index (χ1) is 8.83. The largest absolute Gasteiger partial charge is 0.467 e. The normalized spacial score (nSPS) is 16.6. The number of ether oxygens (including phenoxy) is 1. The SMILES string of the molecule is FC(F)(F)C(F)(F)C(F)(Oc1c[c]ccc1)C(F)(F)F. The first kappa shape index (κ1) is 16.4. The molecule has 0 aliphatic rings. The van der Waals surface area contributed by atoms with Gasteiger partial charge < -0.3 is 4.74 Å². The number of halogens is 9. The van der Waals surface area contributed by atoms with Gasteiger partial charge >= 0.3 is 24.1 Å². The lowest BCUT2D eigenvalue weighted by Crippen LogP contribution is -2.65. The van der Waals surface area contributed by atoms with Gasteiger partial charge in [0.1, 0.15) is 5.75 Å². The van der Waals surface area contributed by atoms with Crippen molar-refractivity contribution in [3.8, 4) is 5.75 Å². The Morgan fingerprint density at radius 3 is 1.75 bits per heavy atom. The monoisotopic (exact) mass is 311 g/mol. The van der Waals surface area contributed by atoms with E-state index in [1.807, 2.05) is 6.07 Å². The number of hydrogen-bond donors (Lipinski definition) is 0. The quantitative estimate of drug-likeness (QED) is 0.757. The van der Waals surface area contributed by atoms with Crippen LogP contribution < -0.4 is 4.74 Å². The van der Waals surface area contributed by atoms with Gasteiger partial charge in [0.2, 0.25) is 0 Å². The predicted molar refractivity (Wildman–Crippen MR) is 46.8 cm³/mol. The van der Waals surface area contributed by atoms with Gasteiger partial charge in [-0.15, -0.1) is 0 Å². The van der Waals surface area contributed by atoms with Crippen molar-refractivity contribution in [3.63, 3.8) is 0 Å². The summed E-state index contributed by atoms with van der Waals surface area (Å²) in [4.78, 5) is 0. The molecule has 1 unspecified atom stereocenters. The van der Waals surface area contributed by atoms with Gasteiger partial charge in [0.15, 0.2) is 0 Å². The van der Waals surface area contributed by atoms with Crippen molar-refractivity contribution in [1.82, 2.24) is 0 Å². The fraction of sp³-hybridized carbons (Fsp3) is 0.400. The molecular formula is C10H4F9O. The molecule has 113 valence electrons. The Hall–Kier alpha value is -1.61. The molecule has 0 saturated carbocycles. The maximum absolute atomic E-state index is 13.4.